The van der Waals surface area contributed by atoms with Gasteiger partial charge in [0.2, 0.25) is 0 Å². The number of nitrogens with one attached hydrogen (secondary N) is 1. The second-order valence-electron chi connectivity index (χ2n) is 8.18. The predicted molar refractivity (Wildman–Crippen MR) is 103 cm³/mol. The Kier molecular flexibility index (Phi) is 6.81. The number of anilines is 1. The smallest absolute Gasteiger partial charge is 0.408 e. The van der Waals surface area contributed by atoms with Crippen molar-refractivity contribution in [3.63, 3.8) is 0 Å². The highest BCUT2D eigenvalue weighted by molar-refractivity contribution is 5.97. The number of carbonyl (C=O) groups is 2. The first-order chi connectivity index (χ1) is 12.6. The Morgan fingerprint density at radius 1 is 1.41 bits per heavy atom. The Hall–Kier alpha value is -2.15. The minimum atomic E-state index is -0.851. The number of rotatable bonds is 7. The number of hydrogen-bond acceptors (Lipinski definition) is 5. The standard InChI is InChI=1S/C20H31N3O4/c1-6-15-11-13(2)21-12-17(15)23(26)18(24)16(10-9-14-7-8-14)22-19(25)27-20(3,4)5/h11-12,14,16,26H,6-10H2,1-5H3,(H,22,25). The Morgan fingerprint density at radius 2 is 2.07 bits per heavy atom. The van der Waals surface area contributed by atoms with Gasteiger partial charge in [-0.05, 0) is 64.5 Å². The van der Waals surface area contributed by atoms with E-state index in [1.54, 1.807) is 20.8 Å². The maximum absolute atomic E-state index is 12.9. The molecule has 1 aromatic heterocycles. The molecular formula is C20H31N3O4. The van der Waals surface area contributed by atoms with Crippen LogP contribution in [0.4, 0.5) is 10.5 Å². The SMILES string of the molecule is CCc1cc(C)ncc1N(O)C(=O)C(CCC1CC1)NC(=O)OC(C)(C)C. The molecule has 7 heteroatoms. The molecular weight excluding hydrogens is 346 g/mol. The second kappa shape index (κ2) is 8.69. The molecule has 0 saturated heterocycles. The van der Waals surface area contributed by atoms with Gasteiger partial charge in [0.05, 0.1) is 11.9 Å². The molecule has 0 aliphatic heterocycles. The van der Waals surface area contributed by atoms with Crippen molar-refractivity contribution in [1.29, 1.82) is 0 Å². The molecule has 1 heterocycles. The van der Waals surface area contributed by atoms with Gasteiger partial charge < -0.3 is 10.1 Å². The van der Waals surface area contributed by atoms with Gasteiger partial charge in [-0.1, -0.05) is 19.8 Å². The summed E-state index contributed by atoms with van der Waals surface area (Å²) in [6.45, 7) is 9.08. The Balaban J connectivity index is 2.14. The summed E-state index contributed by atoms with van der Waals surface area (Å²) in [7, 11) is 0. The van der Waals surface area contributed by atoms with Crippen molar-refractivity contribution in [1.82, 2.24) is 10.3 Å². The van der Waals surface area contributed by atoms with Crippen LogP contribution < -0.4 is 10.4 Å². The van der Waals surface area contributed by atoms with Gasteiger partial charge in [-0.15, -0.1) is 0 Å². The number of ether oxygens (including phenoxy) is 1. The molecule has 1 unspecified atom stereocenters. The summed E-state index contributed by atoms with van der Waals surface area (Å²) in [6.07, 6.45) is 5.05. The first-order valence-corrected chi connectivity index (χ1v) is 9.58. The zero-order valence-corrected chi connectivity index (χ0v) is 16.9. The molecule has 27 heavy (non-hydrogen) atoms. The summed E-state index contributed by atoms with van der Waals surface area (Å²) in [6, 6.07) is 0.989. The van der Waals surface area contributed by atoms with Crippen LogP contribution in [0.15, 0.2) is 12.3 Å². The van der Waals surface area contributed by atoms with E-state index in [-0.39, 0.29) is 0 Å². The van der Waals surface area contributed by atoms with E-state index in [9.17, 15) is 14.8 Å². The van der Waals surface area contributed by atoms with Crippen molar-refractivity contribution < 1.29 is 19.5 Å². The highest BCUT2D eigenvalue weighted by Gasteiger charge is 2.31. The van der Waals surface area contributed by atoms with Crippen LogP contribution >= 0.6 is 0 Å². The highest BCUT2D eigenvalue weighted by atomic mass is 16.6. The fourth-order valence-corrected chi connectivity index (χ4v) is 2.87. The molecule has 0 bridgehead atoms. The summed E-state index contributed by atoms with van der Waals surface area (Å²) < 4.78 is 5.27. The van der Waals surface area contributed by atoms with E-state index in [0.29, 0.717) is 29.5 Å². The number of aromatic nitrogens is 1. The van der Waals surface area contributed by atoms with Crippen molar-refractivity contribution in [2.75, 3.05) is 5.06 Å². The summed E-state index contributed by atoms with van der Waals surface area (Å²) in [5.74, 6) is 0.0157. The molecule has 1 fully saturated rings. The summed E-state index contributed by atoms with van der Waals surface area (Å²) in [5.41, 5.74) is 1.31. The fraction of sp³-hybridized carbons (Fsp3) is 0.650. The van der Waals surface area contributed by atoms with Crippen molar-refractivity contribution in [2.24, 2.45) is 5.92 Å². The van der Waals surface area contributed by atoms with E-state index >= 15 is 0 Å². The van der Waals surface area contributed by atoms with Gasteiger partial charge >= 0.3 is 6.09 Å². The largest absolute Gasteiger partial charge is 0.444 e. The van der Waals surface area contributed by atoms with Crippen LogP contribution in [0.3, 0.4) is 0 Å². The van der Waals surface area contributed by atoms with Crippen LogP contribution in [0.1, 0.15) is 64.6 Å². The van der Waals surface area contributed by atoms with Gasteiger partial charge in [0.1, 0.15) is 11.6 Å². The van der Waals surface area contributed by atoms with E-state index in [0.717, 1.165) is 30.5 Å². The number of aryl methyl sites for hydroxylation is 2. The average molecular weight is 377 g/mol. The molecule has 7 nitrogen and oxygen atoms in total. The van der Waals surface area contributed by atoms with E-state index in [1.807, 2.05) is 19.9 Å². The maximum Gasteiger partial charge on any atom is 0.408 e. The first-order valence-electron chi connectivity index (χ1n) is 9.58. The molecule has 0 radical (unpaired) electrons. The Morgan fingerprint density at radius 3 is 2.63 bits per heavy atom. The lowest BCUT2D eigenvalue weighted by Gasteiger charge is -2.26. The summed E-state index contributed by atoms with van der Waals surface area (Å²) >= 11 is 0. The molecule has 1 aliphatic carbocycles. The van der Waals surface area contributed by atoms with Crippen molar-refractivity contribution >= 4 is 17.7 Å². The zero-order chi connectivity index (χ0) is 20.2. The van der Waals surface area contributed by atoms with Crippen molar-refractivity contribution in [3.8, 4) is 0 Å². The van der Waals surface area contributed by atoms with Gasteiger partial charge in [-0.25, -0.2) is 4.79 Å². The molecule has 1 saturated carbocycles. The minimum absolute atomic E-state index is 0.343. The van der Waals surface area contributed by atoms with Crippen LogP contribution in [-0.2, 0) is 16.0 Å². The maximum atomic E-state index is 12.9. The quantitative estimate of drug-likeness (QED) is 0.558. The molecule has 2 N–H and O–H groups in total. The molecule has 150 valence electrons. The van der Waals surface area contributed by atoms with Gasteiger partial charge in [0.25, 0.3) is 5.91 Å². The zero-order valence-electron chi connectivity index (χ0n) is 16.9. The van der Waals surface area contributed by atoms with Crippen molar-refractivity contribution in [3.05, 3.63) is 23.5 Å². The minimum Gasteiger partial charge on any atom is -0.444 e. The number of amides is 2. The third kappa shape index (κ3) is 6.50. The van der Waals surface area contributed by atoms with E-state index in [4.69, 9.17) is 4.74 Å². The van der Waals surface area contributed by atoms with Crippen LogP contribution in [0.5, 0.6) is 0 Å². The third-order valence-corrected chi connectivity index (χ3v) is 4.47. The summed E-state index contributed by atoms with van der Waals surface area (Å²) in [4.78, 5) is 29.2. The number of alkyl carbamates (subject to hydrolysis) is 1. The number of hydrogen-bond donors (Lipinski definition) is 2. The lowest BCUT2D eigenvalue weighted by atomic mass is 10.1. The monoisotopic (exact) mass is 377 g/mol. The average Bonchev–Trinajstić information content (AvgIpc) is 3.39. The predicted octanol–water partition coefficient (Wildman–Crippen LogP) is 3.76. The second-order valence-corrected chi connectivity index (χ2v) is 8.18. The van der Waals surface area contributed by atoms with Crippen LogP contribution in [0, 0.1) is 12.8 Å². The highest BCUT2D eigenvalue weighted by Crippen LogP contribution is 2.34. The van der Waals surface area contributed by atoms with Crippen molar-refractivity contribution in [2.45, 2.75) is 78.4 Å². The van der Waals surface area contributed by atoms with Gasteiger partial charge in [0.15, 0.2) is 0 Å². The molecule has 2 rings (SSSR count). The molecule has 0 spiro atoms. The lowest BCUT2D eigenvalue weighted by Crippen LogP contribution is -2.49. The normalized spacial score (nSPS) is 15.2. The number of carbonyl (C=O) groups excluding carboxylic acids is 2. The lowest BCUT2D eigenvalue weighted by molar-refractivity contribution is -0.126. The molecule has 1 aromatic rings. The Bertz CT molecular complexity index is 680. The third-order valence-electron chi connectivity index (χ3n) is 4.47. The molecule has 0 aromatic carbocycles. The molecule has 2 amide bonds. The van der Waals surface area contributed by atoms with Crippen LogP contribution in [0.25, 0.3) is 0 Å². The van der Waals surface area contributed by atoms with Gasteiger partial charge in [-0.2, -0.15) is 5.06 Å². The van der Waals surface area contributed by atoms with E-state index in [1.165, 1.54) is 6.20 Å². The number of nitrogens with zero attached hydrogens (tertiary/aromatic N) is 2. The molecule has 1 atom stereocenters. The van der Waals surface area contributed by atoms with Gasteiger partial charge in [-0.3, -0.25) is 15.0 Å². The molecule has 1 aliphatic rings. The van der Waals surface area contributed by atoms with Crippen LogP contribution in [0.2, 0.25) is 0 Å². The van der Waals surface area contributed by atoms with Crippen LogP contribution in [-0.4, -0.2) is 33.8 Å². The number of pyridine rings is 1. The van der Waals surface area contributed by atoms with E-state index < -0.39 is 23.6 Å². The van der Waals surface area contributed by atoms with E-state index in [2.05, 4.69) is 10.3 Å². The Labute approximate surface area is 161 Å². The number of hydroxylamine groups is 1. The van der Waals surface area contributed by atoms with Gasteiger partial charge in [0, 0.05) is 5.69 Å². The first kappa shape index (κ1) is 21.2. The topological polar surface area (TPSA) is 91.8 Å². The summed E-state index contributed by atoms with van der Waals surface area (Å²) in [5, 5.41) is 13.8. The fourth-order valence-electron chi connectivity index (χ4n) is 2.87.